The molecule has 1 aromatic carbocycles. The Balaban J connectivity index is 2.64. The average molecular weight is 287 g/mol. The van der Waals surface area contributed by atoms with Gasteiger partial charge in [0.15, 0.2) is 17.3 Å². The second-order valence-corrected chi connectivity index (χ2v) is 4.14. The van der Waals surface area contributed by atoms with Crippen LogP contribution in [0.3, 0.4) is 0 Å². The monoisotopic (exact) mass is 286 g/mol. The number of halogens is 1. The van der Waals surface area contributed by atoms with E-state index in [1.54, 1.807) is 6.07 Å². The predicted molar refractivity (Wildman–Crippen MR) is 61.7 cm³/mol. The van der Waals surface area contributed by atoms with Crippen LogP contribution in [0.15, 0.2) is 10.5 Å². The largest absolute Gasteiger partial charge is 0.495 e. The van der Waals surface area contributed by atoms with Crippen molar-refractivity contribution >= 4 is 21.7 Å². The van der Waals surface area contributed by atoms with Gasteiger partial charge in [0.05, 0.1) is 12.7 Å². The molecule has 0 saturated carbocycles. The molecule has 1 heterocycles. The summed E-state index contributed by atoms with van der Waals surface area (Å²) in [7, 11) is 1.52. The highest BCUT2D eigenvalue weighted by molar-refractivity contribution is 9.10. The van der Waals surface area contributed by atoms with E-state index in [9.17, 15) is 4.79 Å². The zero-order valence-corrected chi connectivity index (χ0v) is 10.6. The van der Waals surface area contributed by atoms with Crippen LogP contribution in [0.25, 0.3) is 0 Å². The van der Waals surface area contributed by atoms with Crippen LogP contribution in [-0.4, -0.2) is 26.1 Å². The topological polar surface area (TPSA) is 44.8 Å². The number of ether oxygens (including phenoxy) is 3. The molecule has 0 atom stereocenters. The Morgan fingerprint density at radius 1 is 1.44 bits per heavy atom. The van der Waals surface area contributed by atoms with Gasteiger partial charge < -0.3 is 14.2 Å². The van der Waals surface area contributed by atoms with Crippen LogP contribution in [0.5, 0.6) is 17.2 Å². The second kappa shape index (κ2) is 4.33. The smallest absolute Gasteiger partial charge is 0.179 e. The Kier molecular flexibility index (Phi) is 3.05. The molecule has 5 heteroatoms. The lowest BCUT2D eigenvalue weighted by atomic mass is 10.1. The van der Waals surface area contributed by atoms with Crippen molar-refractivity contribution in [2.75, 3.05) is 20.3 Å². The molecule has 0 N–H and O–H groups in total. The summed E-state index contributed by atoms with van der Waals surface area (Å²) >= 11 is 3.36. The van der Waals surface area contributed by atoms with E-state index in [4.69, 9.17) is 14.2 Å². The van der Waals surface area contributed by atoms with E-state index < -0.39 is 0 Å². The van der Waals surface area contributed by atoms with E-state index in [-0.39, 0.29) is 5.78 Å². The predicted octanol–water partition coefficient (Wildman–Crippen LogP) is 2.43. The number of fused-ring (bicyclic) bond motifs is 1. The maximum atomic E-state index is 11.5. The van der Waals surface area contributed by atoms with Crippen LogP contribution in [0.2, 0.25) is 0 Å². The molecule has 1 aliphatic heterocycles. The van der Waals surface area contributed by atoms with Crippen LogP contribution < -0.4 is 14.2 Å². The lowest BCUT2D eigenvalue weighted by Gasteiger charge is -2.22. The molecule has 0 saturated heterocycles. The molecule has 0 unspecified atom stereocenters. The van der Waals surface area contributed by atoms with Gasteiger partial charge in [0.2, 0.25) is 0 Å². The first-order valence-corrected chi connectivity index (χ1v) is 5.61. The van der Waals surface area contributed by atoms with Crippen molar-refractivity contribution in [1.82, 2.24) is 0 Å². The van der Waals surface area contributed by atoms with Crippen LogP contribution >= 0.6 is 15.9 Å². The SMILES string of the molecule is COc1c(C(C)=O)cc2c(c1Br)OCCO2. The normalized spacial score (nSPS) is 13.4. The van der Waals surface area contributed by atoms with Gasteiger partial charge in [0.25, 0.3) is 0 Å². The highest BCUT2D eigenvalue weighted by Crippen LogP contribution is 2.45. The first kappa shape index (κ1) is 11.3. The summed E-state index contributed by atoms with van der Waals surface area (Å²) in [4.78, 5) is 11.5. The summed E-state index contributed by atoms with van der Waals surface area (Å²) in [5.41, 5.74) is 0.485. The minimum atomic E-state index is -0.0745. The molecule has 16 heavy (non-hydrogen) atoms. The molecule has 2 rings (SSSR count). The zero-order chi connectivity index (χ0) is 11.7. The minimum absolute atomic E-state index is 0.0745. The summed E-state index contributed by atoms with van der Waals surface area (Å²) in [6.07, 6.45) is 0. The summed E-state index contributed by atoms with van der Waals surface area (Å²) in [5.74, 6) is 1.57. The van der Waals surface area contributed by atoms with Crippen LogP contribution in [0.4, 0.5) is 0 Å². The first-order chi connectivity index (χ1) is 7.65. The first-order valence-electron chi connectivity index (χ1n) is 4.82. The van der Waals surface area contributed by atoms with Crippen LogP contribution in [0, 0.1) is 0 Å². The lowest BCUT2D eigenvalue weighted by Crippen LogP contribution is -2.16. The Bertz CT molecular complexity index is 442. The van der Waals surface area contributed by atoms with E-state index in [0.717, 1.165) is 0 Å². The number of hydrogen-bond acceptors (Lipinski definition) is 4. The van der Waals surface area contributed by atoms with Gasteiger partial charge in [-0.05, 0) is 28.9 Å². The second-order valence-electron chi connectivity index (χ2n) is 3.35. The molecule has 0 fully saturated rings. The molecule has 4 nitrogen and oxygen atoms in total. The van der Waals surface area contributed by atoms with E-state index in [0.29, 0.717) is 40.5 Å². The summed E-state index contributed by atoms with van der Waals surface area (Å²) in [5, 5.41) is 0. The quantitative estimate of drug-likeness (QED) is 0.784. The van der Waals surface area contributed by atoms with Crippen molar-refractivity contribution < 1.29 is 19.0 Å². The summed E-state index contributed by atoms with van der Waals surface area (Å²) in [6, 6.07) is 1.65. The Hall–Kier alpha value is -1.23. The van der Waals surface area contributed by atoms with Gasteiger partial charge in [-0.15, -0.1) is 0 Å². The third kappa shape index (κ3) is 1.75. The molecule has 86 valence electrons. The van der Waals surface area contributed by atoms with Crippen molar-refractivity contribution in [2.45, 2.75) is 6.92 Å². The van der Waals surface area contributed by atoms with Crippen LogP contribution in [-0.2, 0) is 0 Å². The van der Waals surface area contributed by atoms with Gasteiger partial charge in [0.1, 0.15) is 23.4 Å². The standard InChI is InChI=1S/C11H11BrO4/c1-6(13)7-5-8-11(16-4-3-15-8)9(12)10(7)14-2/h5H,3-4H2,1-2H3. The molecule has 1 aromatic rings. The van der Waals surface area contributed by atoms with E-state index in [2.05, 4.69) is 15.9 Å². The highest BCUT2D eigenvalue weighted by atomic mass is 79.9. The number of methoxy groups -OCH3 is 1. The molecule has 0 radical (unpaired) electrons. The van der Waals surface area contributed by atoms with Crippen LogP contribution in [0.1, 0.15) is 17.3 Å². The van der Waals surface area contributed by atoms with E-state index >= 15 is 0 Å². The Morgan fingerprint density at radius 3 is 2.75 bits per heavy atom. The van der Waals surface area contributed by atoms with Crippen molar-refractivity contribution in [3.8, 4) is 17.2 Å². The number of Topliss-reactive ketones (excluding diaryl/α,β-unsaturated/α-hetero) is 1. The molecule has 0 aliphatic carbocycles. The Labute approximate surface area is 102 Å². The Morgan fingerprint density at radius 2 is 2.12 bits per heavy atom. The summed E-state index contributed by atoms with van der Waals surface area (Å²) in [6.45, 7) is 2.47. The minimum Gasteiger partial charge on any atom is -0.495 e. The molecule has 0 aromatic heterocycles. The molecular weight excluding hydrogens is 276 g/mol. The number of ketones is 1. The number of carbonyl (C=O) groups excluding carboxylic acids is 1. The van der Waals surface area contributed by atoms with Gasteiger partial charge in [-0.3, -0.25) is 4.79 Å². The van der Waals surface area contributed by atoms with Gasteiger partial charge in [-0.2, -0.15) is 0 Å². The van der Waals surface area contributed by atoms with Gasteiger partial charge in [-0.25, -0.2) is 0 Å². The zero-order valence-electron chi connectivity index (χ0n) is 9.00. The maximum absolute atomic E-state index is 11.5. The van der Waals surface area contributed by atoms with E-state index in [1.165, 1.54) is 14.0 Å². The molecule has 0 bridgehead atoms. The molecular formula is C11H11BrO4. The van der Waals surface area contributed by atoms with Crippen molar-refractivity contribution in [2.24, 2.45) is 0 Å². The van der Waals surface area contributed by atoms with Crippen molar-refractivity contribution in [3.63, 3.8) is 0 Å². The fourth-order valence-corrected chi connectivity index (χ4v) is 2.28. The van der Waals surface area contributed by atoms with Gasteiger partial charge in [0, 0.05) is 0 Å². The fraction of sp³-hybridized carbons (Fsp3) is 0.364. The van der Waals surface area contributed by atoms with Crippen molar-refractivity contribution in [1.29, 1.82) is 0 Å². The third-order valence-electron chi connectivity index (χ3n) is 2.31. The lowest BCUT2D eigenvalue weighted by molar-refractivity contribution is 0.101. The van der Waals surface area contributed by atoms with Gasteiger partial charge >= 0.3 is 0 Å². The van der Waals surface area contributed by atoms with Gasteiger partial charge in [-0.1, -0.05) is 0 Å². The fourth-order valence-electron chi connectivity index (χ4n) is 1.59. The number of rotatable bonds is 2. The molecule has 0 spiro atoms. The number of benzene rings is 1. The third-order valence-corrected chi connectivity index (χ3v) is 3.03. The highest BCUT2D eigenvalue weighted by Gasteiger charge is 2.23. The number of hydrogen-bond donors (Lipinski definition) is 0. The maximum Gasteiger partial charge on any atom is 0.179 e. The summed E-state index contributed by atoms with van der Waals surface area (Å²) < 4.78 is 16.7. The average Bonchev–Trinajstić information content (AvgIpc) is 2.29. The number of carbonyl (C=O) groups is 1. The molecule has 1 aliphatic rings. The van der Waals surface area contributed by atoms with Crippen molar-refractivity contribution in [3.05, 3.63) is 16.1 Å². The molecule has 0 amide bonds. The van der Waals surface area contributed by atoms with E-state index in [1.807, 2.05) is 0 Å².